The van der Waals surface area contributed by atoms with E-state index in [2.05, 4.69) is 32.6 Å². The standard InChI is InChI=1S/C15H29NO/c1-12(2)9-16(10-13(3)4)11-15(17)14-7-5-6-8-14/h12-14H,5-11H2,1-4H3. The lowest BCUT2D eigenvalue weighted by Gasteiger charge is -2.26. The first-order valence-corrected chi connectivity index (χ1v) is 7.24. The first kappa shape index (κ1) is 14.7. The lowest BCUT2D eigenvalue weighted by molar-refractivity contribution is -0.124. The van der Waals surface area contributed by atoms with Crippen molar-refractivity contribution in [3.8, 4) is 0 Å². The van der Waals surface area contributed by atoms with E-state index >= 15 is 0 Å². The van der Waals surface area contributed by atoms with E-state index in [-0.39, 0.29) is 0 Å². The van der Waals surface area contributed by atoms with E-state index < -0.39 is 0 Å². The molecule has 0 aromatic heterocycles. The second-order valence-electron chi connectivity index (χ2n) is 6.43. The molecule has 1 saturated carbocycles. The maximum Gasteiger partial charge on any atom is 0.149 e. The summed E-state index contributed by atoms with van der Waals surface area (Å²) in [6.07, 6.45) is 4.78. The van der Waals surface area contributed by atoms with E-state index in [1.54, 1.807) is 0 Å². The van der Waals surface area contributed by atoms with Crippen LogP contribution in [0.3, 0.4) is 0 Å². The van der Waals surface area contributed by atoms with Crippen LogP contribution in [-0.4, -0.2) is 30.3 Å². The van der Waals surface area contributed by atoms with Crippen LogP contribution in [0, 0.1) is 17.8 Å². The van der Waals surface area contributed by atoms with Crippen LogP contribution < -0.4 is 0 Å². The van der Waals surface area contributed by atoms with Gasteiger partial charge in [0.2, 0.25) is 0 Å². The minimum atomic E-state index is 0.372. The molecule has 1 aliphatic rings. The second kappa shape index (κ2) is 7.15. The van der Waals surface area contributed by atoms with Crippen LogP contribution in [0.5, 0.6) is 0 Å². The minimum Gasteiger partial charge on any atom is -0.298 e. The van der Waals surface area contributed by atoms with Crippen molar-refractivity contribution in [3.63, 3.8) is 0 Å². The summed E-state index contributed by atoms with van der Waals surface area (Å²) in [5.41, 5.74) is 0. The van der Waals surface area contributed by atoms with Crippen molar-refractivity contribution >= 4 is 5.78 Å². The van der Waals surface area contributed by atoms with Gasteiger partial charge in [-0.3, -0.25) is 9.69 Å². The van der Waals surface area contributed by atoms with Crippen LogP contribution in [0.1, 0.15) is 53.4 Å². The Morgan fingerprint density at radius 3 is 1.94 bits per heavy atom. The van der Waals surface area contributed by atoms with Gasteiger partial charge >= 0.3 is 0 Å². The van der Waals surface area contributed by atoms with E-state index in [4.69, 9.17) is 0 Å². The third-order valence-electron chi connectivity index (χ3n) is 3.44. The second-order valence-corrected chi connectivity index (χ2v) is 6.43. The Labute approximate surface area is 107 Å². The molecular weight excluding hydrogens is 210 g/mol. The normalized spacial score (nSPS) is 17.6. The summed E-state index contributed by atoms with van der Waals surface area (Å²) in [5.74, 6) is 2.15. The molecule has 17 heavy (non-hydrogen) atoms. The van der Waals surface area contributed by atoms with E-state index in [0.29, 0.717) is 30.1 Å². The largest absolute Gasteiger partial charge is 0.298 e. The van der Waals surface area contributed by atoms with Crippen molar-refractivity contribution in [1.29, 1.82) is 0 Å². The van der Waals surface area contributed by atoms with Crippen LogP contribution >= 0.6 is 0 Å². The van der Waals surface area contributed by atoms with Crippen LogP contribution in [0.4, 0.5) is 0 Å². The predicted octanol–water partition coefficient (Wildman–Crippen LogP) is 3.36. The van der Waals surface area contributed by atoms with Gasteiger partial charge < -0.3 is 0 Å². The molecule has 0 N–H and O–H groups in total. The molecule has 0 unspecified atom stereocenters. The third-order valence-corrected chi connectivity index (χ3v) is 3.44. The molecular formula is C15H29NO. The van der Waals surface area contributed by atoms with E-state index in [1.807, 2.05) is 0 Å². The van der Waals surface area contributed by atoms with E-state index in [9.17, 15) is 4.79 Å². The molecule has 1 fully saturated rings. The zero-order chi connectivity index (χ0) is 12.8. The lowest BCUT2D eigenvalue weighted by atomic mass is 10.0. The number of ketones is 1. The van der Waals surface area contributed by atoms with Crippen molar-refractivity contribution < 1.29 is 4.79 Å². The van der Waals surface area contributed by atoms with Gasteiger partial charge in [-0.15, -0.1) is 0 Å². The highest BCUT2D eigenvalue weighted by Crippen LogP contribution is 2.25. The lowest BCUT2D eigenvalue weighted by Crippen LogP contribution is -2.37. The number of carbonyl (C=O) groups excluding carboxylic acids is 1. The van der Waals surface area contributed by atoms with Gasteiger partial charge in [0.15, 0.2) is 0 Å². The molecule has 0 aromatic carbocycles. The van der Waals surface area contributed by atoms with E-state index in [1.165, 1.54) is 12.8 Å². The van der Waals surface area contributed by atoms with Gasteiger partial charge in [0.1, 0.15) is 5.78 Å². The topological polar surface area (TPSA) is 20.3 Å². The fourth-order valence-electron chi connectivity index (χ4n) is 2.83. The molecule has 0 radical (unpaired) electrons. The third kappa shape index (κ3) is 5.67. The number of nitrogens with zero attached hydrogens (tertiary/aromatic N) is 1. The molecule has 0 heterocycles. The maximum atomic E-state index is 12.2. The summed E-state index contributed by atoms with van der Waals surface area (Å²) in [5, 5.41) is 0. The maximum absolute atomic E-state index is 12.2. The zero-order valence-electron chi connectivity index (χ0n) is 12.0. The molecule has 0 aliphatic heterocycles. The average Bonchev–Trinajstić information content (AvgIpc) is 2.67. The van der Waals surface area contributed by atoms with E-state index in [0.717, 1.165) is 25.9 Å². The molecule has 0 amide bonds. The van der Waals surface area contributed by atoms with Gasteiger partial charge in [0.25, 0.3) is 0 Å². The molecule has 1 aliphatic carbocycles. The quantitative estimate of drug-likeness (QED) is 0.679. The number of Topliss-reactive ketones (excluding diaryl/α,β-unsaturated/α-hetero) is 1. The Morgan fingerprint density at radius 1 is 1.06 bits per heavy atom. The van der Waals surface area contributed by atoms with Crippen molar-refractivity contribution in [1.82, 2.24) is 4.90 Å². The number of hydrogen-bond acceptors (Lipinski definition) is 2. The highest BCUT2D eigenvalue weighted by molar-refractivity contribution is 5.83. The number of hydrogen-bond donors (Lipinski definition) is 0. The number of carbonyl (C=O) groups is 1. The first-order valence-electron chi connectivity index (χ1n) is 7.24. The van der Waals surface area contributed by atoms with Crippen molar-refractivity contribution in [2.45, 2.75) is 53.4 Å². The summed E-state index contributed by atoms with van der Waals surface area (Å²) < 4.78 is 0. The smallest absolute Gasteiger partial charge is 0.149 e. The molecule has 0 atom stereocenters. The average molecular weight is 239 g/mol. The van der Waals surface area contributed by atoms with Gasteiger partial charge in [-0.2, -0.15) is 0 Å². The first-order chi connectivity index (χ1) is 7.99. The molecule has 0 saturated heterocycles. The summed E-state index contributed by atoms with van der Waals surface area (Å²) >= 11 is 0. The Hall–Kier alpha value is -0.370. The van der Waals surface area contributed by atoms with Gasteiger partial charge in [-0.05, 0) is 24.7 Å². The fourth-order valence-corrected chi connectivity index (χ4v) is 2.83. The molecule has 1 rings (SSSR count). The molecule has 0 bridgehead atoms. The summed E-state index contributed by atoms with van der Waals surface area (Å²) in [7, 11) is 0. The van der Waals surface area contributed by atoms with Crippen molar-refractivity contribution in [2.75, 3.05) is 19.6 Å². The predicted molar refractivity (Wildman–Crippen MR) is 73.1 cm³/mol. The Morgan fingerprint density at radius 2 is 1.53 bits per heavy atom. The SMILES string of the molecule is CC(C)CN(CC(=O)C1CCCC1)CC(C)C. The van der Waals surface area contributed by atoms with Crippen LogP contribution in [0.25, 0.3) is 0 Å². The molecule has 0 aromatic rings. The minimum absolute atomic E-state index is 0.372. The van der Waals surface area contributed by atoms with Crippen LogP contribution in [0.2, 0.25) is 0 Å². The molecule has 100 valence electrons. The van der Waals surface area contributed by atoms with Crippen LogP contribution in [0.15, 0.2) is 0 Å². The highest BCUT2D eigenvalue weighted by atomic mass is 16.1. The molecule has 2 heteroatoms. The Kier molecular flexibility index (Phi) is 6.18. The molecule has 2 nitrogen and oxygen atoms in total. The highest BCUT2D eigenvalue weighted by Gasteiger charge is 2.24. The summed E-state index contributed by atoms with van der Waals surface area (Å²) in [6.45, 7) is 11.7. The Balaban J connectivity index is 2.43. The van der Waals surface area contributed by atoms with Crippen molar-refractivity contribution in [2.24, 2.45) is 17.8 Å². The van der Waals surface area contributed by atoms with Gasteiger partial charge in [-0.25, -0.2) is 0 Å². The van der Waals surface area contributed by atoms with Gasteiger partial charge in [0.05, 0.1) is 6.54 Å². The Bertz CT molecular complexity index is 219. The van der Waals surface area contributed by atoms with Gasteiger partial charge in [-0.1, -0.05) is 40.5 Å². The van der Waals surface area contributed by atoms with Crippen LogP contribution in [-0.2, 0) is 4.79 Å². The van der Waals surface area contributed by atoms with Crippen molar-refractivity contribution in [3.05, 3.63) is 0 Å². The zero-order valence-corrected chi connectivity index (χ0v) is 12.0. The monoisotopic (exact) mass is 239 g/mol. The fraction of sp³-hybridized carbons (Fsp3) is 0.933. The summed E-state index contributed by atoms with van der Waals surface area (Å²) in [4.78, 5) is 14.5. The van der Waals surface area contributed by atoms with Gasteiger partial charge in [0, 0.05) is 19.0 Å². The summed E-state index contributed by atoms with van der Waals surface area (Å²) in [6, 6.07) is 0. The number of rotatable bonds is 7. The molecule has 0 spiro atoms.